The molecule has 116 valence electrons. The predicted octanol–water partition coefficient (Wildman–Crippen LogP) is 2.38. The second-order valence-electron chi connectivity index (χ2n) is 6.37. The van der Waals surface area contributed by atoms with Crippen molar-refractivity contribution in [2.75, 3.05) is 26.2 Å². The molecule has 0 aliphatic carbocycles. The molecule has 0 amide bonds. The fraction of sp³-hybridized carbons (Fsp3) is 0.647. The molecule has 0 radical (unpaired) electrons. The van der Waals surface area contributed by atoms with Gasteiger partial charge in [0, 0.05) is 37.3 Å². The van der Waals surface area contributed by atoms with Crippen molar-refractivity contribution in [2.24, 2.45) is 5.73 Å². The Hall–Kier alpha value is -0.970. The lowest BCUT2D eigenvalue weighted by atomic mass is 9.94. The topological polar surface area (TPSA) is 32.5 Å². The van der Waals surface area contributed by atoms with Crippen LogP contribution in [-0.2, 0) is 0 Å². The fourth-order valence-electron chi connectivity index (χ4n) is 3.90. The Morgan fingerprint density at radius 3 is 2.86 bits per heavy atom. The molecule has 4 heteroatoms. The average Bonchev–Trinajstić information content (AvgIpc) is 2.97. The number of halogens is 1. The summed E-state index contributed by atoms with van der Waals surface area (Å²) in [5, 5.41) is 0. The molecule has 2 aliphatic rings. The van der Waals surface area contributed by atoms with E-state index in [1.807, 2.05) is 12.1 Å². The lowest BCUT2D eigenvalue weighted by molar-refractivity contribution is 0.0595. The molecule has 2 aliphatic heterocycles. The minimum absolute atomic E-state index is 0.000972. The van der Waals surface area contributed by atoms with E-state index >= 15 is 0 Å². The smallest absolute Gasteiger partial charge is 0.128 e. The first-order valence-electron chi connectivity index (χ1n) is 8.18. The minimum Gasteiger partial charge on any atom is -0.326 e. The van der Waals surface area contributed by atoms with Crippen molar-refractivity contribution in [3.05, 3.63) is 35.6 Å². The second kappa shape index (κ2) is 6.42. The summed E-state index contributed by atoms with van der Waals surface area (Å²) in [6.07, 6.45) is 3.43. The van der Waals surface area contributed by atoms with Crippen molar-refractivity contribution in [2.45, 2.75) is 44.3 Å². The van der Waals surface area contributed by atoms with E-state index in [-0.39, 0.29) is 17.9 Å². The highest BCUT2D eigenvalue weighted by atomic mass is 19.1. The normalized spacial score (nSPS) is 26.5. The summed E-state index contributed by atoms with van der Waals surface area (Å²) < 4.78 is 14.3. The zero-order valence-electron chi connectivity index (χ0n) is 12.8. The van der Waals surface area contributed by atoms with Crippen LogP contribution in [0.25, 0.3) is 0 Å². The van der Waals surface area contributed by atoms with Gasteiger partial charge in [0.25, 0.3) is 0 Å². The molecule has 0 spiro atoms. The molecule has 0 saturated carbocycles. The number of hydrogen-bond donors (Lipinski definition) is 1. The second-order valence-corrected chi connectivity index (χ2v) is 6.37. The Kier molecular flexibility index (Phi) is 4.57. The summed E-state index contributed by atoms with van der Waals surface area (Å²) in [5.74, 6) is -0.125. The van der Waals surface area contributed by atoms with Gasteiger partial charge in [-0.2, -0.15) is 0 Å². The van der Waals surface area contributed by atoms with Crippen LogP contribution in [0.15, 0.2) is 24.3 Å². The standard InChI is InChI=1S/C17H26FN3/c1-2-16(19)17(14-7-3-4-8-15(14)18)21-11-10-20-9-5-6-13(20)12-21/h3-4,7-8,13,16-17H,2,5-6,9-12,19H2,1H3. The maximum atomic E-state index is 14.3. The molecule has 2 N–H and O–H groups in total. The number of nitrogens with two attached hydrogens (primary N) is 1. The van der Waals surface area contributed by atoms with Gasteiger partial charge in [0.05, 0.1) is 6.04 Å². The van der Waals surface area contributed by atoms with Gasteiger partial charge in [-0.1, -0.05) is 25.1 Å². The molecule has 0 aromatic heterocycles. The number of fused-ring (bicyclic) bond motifs is 1. The molecule has 0 bridgehead atoms. The first-order valence-corrected chi connectivity index (χ1v) is 8.18. The van der Waals surface area contributed by atoms with Crippen LogP contribution in [-0.4, -0.2) is 48.1 Å². The van der Waals surface area contributed by atoms with Crippen LogP contribution in [0.4, 0.5) is 4.39 Å². The quantitative estimate of drug-likeness (QED) is 0.924. The molecule has 21 heavy (non-hydrogen) atoms. The largest absolute Gasteiger partial charge is 0.326 e. The summed E-state index contributed by atoms with van der Waals surface area (Å²) in [4.78, 5) is 4.99. The first-order chi connectivity index (χ1) is 10.2. The molecule has 1 aromatic rings. The van der Waals surface area contributed by atoms with Gasteiger partial charge in [0.1, 0.15) is 5.82 Å². The Morgan fingerprint density at radius 1 is 1.29 bits per heavy atom. The highest BCUT2D eigenvalue weighted by Crippen LogP contribution is 2.31. The number of piperazine rings is 1. The molecular formula is C17H26FN3. The molecule has 2 heterocycles. The lowest BCUT2D eigenvalue weighted by Gasteiger charge is -2.43. The van der Waals surface area contributed by atoms with Gasteiger partial charge < -0.3 is 5.73 Å². The van der Waals surface area contributed by atoms with Gasteiger partial charge >= 0.3 is 0 Å². The molecule has 3 unspecified atom stereocenters. The highest BCUT2D eigenvalue weighted by molar-refractivity contribution is 5.23. The van der Waals surface area contributed by atoms with Crippen LogP contribution in [0.1, 0.15) is 37.8 Å². The molecular weight excluding hydrogens is 265 g/mol. The zero-order valence-corrected chi connectivity index (χ0v) is 12.8. The van der Waals surface area contributed by atoms with E-state index in [1.54, 1.807) is 12.1 Å². The number of rotatable bonds is 4. The van der Waals surface area contributed by atoms with E-state index < -0.39 is 0 Å². The van der Waals surface area contributed by atoms with Crippen LogP contribution >= 0.6 is 0 Å². The van der Waals surface area contributed by atoms with Crippen LogP contribution in [0.5, 0.6) is 0 Å². The van der Waals surface area contributed by atoms with Gasteiger partial charge in [-0.05, 0) is 31.9 Å². The van der Waals surface area contributed by atoms with E-state index in [2.05, 4.69) is 16.7 Å². The van der Waals surface area contributed by atoms with Crippen LogP contribution in [0, 0.1) is 5.82 Å². The van der Waals surface area contributed by atoms with Crippen molar-refractivity contribution in [1.82, 2.24) is 9.80 Å². The molecule has 3 atom stereocenters. The van der Waals surface area contributed by atoms with E-state index in [4.69, 9.17) is 5.73 Å². The van der Waals surface area contributed by atoms with E-state index in [0.717, 1.165) is 31.6 Å². The first kappa shape index (κ1) is 14.9. The van der Waals surface area contributed by atoms with Gasteiger partial charge in [-0.15, -0.1) is 0 Å². The number of hydrogen-bond acceptors (Lipinski definition) is 3. The van der Waals surface area contributed by atoms with E-state index in [9.17, 15) is 4.39 Å². The third-order valence-corrected chi connectivity index (χ3v) is 5.11. The Morgan fingerprint density at radius 2 is 2.10 bits per heavy atom. The number of benzene rings is 1. The molecule has 1 aromatic carbocycles. The summed E-state index contributed by atoms with van der Waals surface area (Å²) in [7, 11) is 0. The van der Waals surface area contributed by atoms with Crippen molar-refractivity contribution in [1.29, 1.82) is 0 Å². The zero-order chi connectivity index (χ0) is 14.8. The maximum Gasteiger partial charge on any atom is 0.128 e. The molecule has 3 nitrogen and oxygen atoms in total. The van der Waals surface area contributed by atoms with Crippen LogP contribution in [0.2, 0.25) is 0 Å². The van der Waals surface area contributed by atoms with E-state index in [1.165, 1.54) is 19.4 Å². The number of nitrogens with zero attached hydrogens (tertiary/aromatic N) is 2. The van der Waals surface area contributed by atoms with Gasteiger partial charge in [0.15, 0.2) is 0 Å². The molecule has 2 fully saturated rings. The predicted molar refractivity (Wildman–Crippen MR) is 83.6 cm³/mol. The van der Waals surface area contributed by atoms with Crippen molar-refractivity contribution in [3.63, 3.8) is 0 Å². The van der Waals surface area contributed by atoms with Crippen molar-refractivity contribution in [3.8, 4) is 0 Å². The molecule has 3 rings (SSSR count). The average molecular weight is 291 g/mol. The van der Waals surface area contributed by atoms with Gasteiger partial charge in [-0.3, -0.25) is 9.80 Å². The Labute approximate surface area is 126 Å². The maximum absolute atomic E-state index is 14.3. The monoisotopic (exact) mass is 291 g/mol. The summed E-state index contributed by atoms with van der Waals surface area (Å²) in [6, 6.07) is 7.74. The SMILES string of the molecule is CCC(N)C(c1ccccc1F)N1CCN2CCCC2C1. The summed E-state index contributed by atoms with van der Waals surface area (Å²) >= 11 is 0. The third kappa shape index (κ3) is 2.98. The summed E-state index contributed by atoms with van der Waals surface area (Å²) in [6.45, 7) is 6.41. The minimum atomic E-state index is -0.125. The highest BCUT2D eigenvalue weighted by Gasteiger charge is 2.36. The fourth-order valence-corrected chi connectivity index (χ4v) is 3.90. The van der Waals surface area contributed by atoms with Crippen molar-refractivity contribution >= 4 is 0 Å². The van der Waals surface area contributed by atoms with Gasteiger partial charge in [-0.25, -0.2) is 4.39 Å². The molecule has 2 saturated heterocycles. The third-order valence-electron chi connectivity index (χ3n) is 5.11. The van der Waals surface area contributed by atoms with Crippen LogP contribution in [0.3, 0.4) is 0 Å². The Balaban J connectivity index is 1.84. The lowest BCUT2D eigenvalue weighted by Crippen LogP contribution is -2.54. The summed E-state index contributed by atoms with van der Waals surface area (Å²) in [5.41, 5.74) is 7.13. The van der Waals surface area contributed by atoms with E-state index in [0.29, 0.717) is 6.04 Å². The van der Waals surface area contributed by atoms with Crippen molar-refractivity contribution < 1.29 is 4.39 Å². The Bertz CT molecular complexity index is 479. The van der Waals surface area contributed by atoms with Crippen LogP contribution < -0.4 is 5.73 Å². The van der Waals surface area contributed by atoms with Gasteiger partial charge in [0.2, 0.25) is 0 Å².